The number of nitrogens with one attached hydrogen (secondary N) is 1. The first-order valence-electron chi connectivity index (χ1n) is 6.51. The molecule has 1 aromatic carbocycles. The summed E-state index contributed by atoms with van der Waals surface area (Å²) in [7, 11) is 3.69. The molecule has 0 saturated heterocycles. The van der Waals surface area contributed by atoms with Gasteiger partial charge in [-0.3, -0.25) is 0 Å². The van der Waals surface area contributed by atoms with Gasteiger partial charge in [0.2, 0.25) is 11.9 Å². The number of aryl methyl sites for hydroxylation is 1. The van der Waals surface area contributed by atoms with Crippen LogP contribution in [0, 0.1) is 6.92 Å². The van der Waals surface area contributed by atoms with Gasteiger partial charge in [0, 0.05) is 19.8 Å². The average Bonchev–Trinajstić information content (AvgIpc) is 2.47. The van der Waals surface area contributed by atoms with Crippen LogP contribution in [0.3, 0.4) is 0 Å². The number of hydrogen-bond acceptors (Lipinski definition) is 6. The van der Waals surface area contributed by atoms with E-state index in [0.29, 0.717) is 24.5 Å². The van der Waals surface area contributed by atoms with Gasteiger partial charge in [0.25, 0.3) is 0 Å². The van der Waals surface area contributed by atoms with Crippen molar-refractivity contribution in [3.63, 3.8) is 0 Å². The monoisotopic (exact) mass is 273 g/mol. The minimum absolute atomic E-state index is 0.322. The number of ether oxygens (including phenoxy) is 1. The molecule has 1 aromatic heterocycles. The van der Waals surface area contributed by atoms with E-state index < -0.39 is 0 Å². The van der Waals surface area contributed by atoms with Crippen LogP contribution in [0.2, 0.25) is 0 Å². The van der Waals surface area contributed by atoms with Gasteiger partial charge in [-0.15, -0.1) is 0 Å². The molecular formula is C14H19N5O. The molecule has 0 unspecified atom stereocenters. The number of benzene rings is 1. The lowest BCUT2D eigenvalue weighted by Crippen LogP contribution is -2.16. The minimum atomic E-state index is 0.322. The Morgan fingerprint density at radius 3 is 2.60 bits per heavy atom. The summed E-state index contributed by atoms with van der Waals surface area (Å²) in [4.78, 5) is 14.8. The second kappa shape index (κ2) is 6.18. The number of hydrogen-bond donors (Lipinski definition) is 1. The van der Waals surface area contributed by atoms with Gasteiger partial charge in [-0.2, -0.15) is 15.0 Å². The first-order chi connectivity index (χ1) is 9.65. The summed E-state index contributed by atoms with van der Waals surface area (Å²) in [6, 6.07) is 8.39. The Bertz CT molecular complexity index is 588. The molecule has 6 nitrogen and oxygen atoms in total. The molecule has 20 heavy (non-hydrogen) atoms. The van der Waals surface area contributed by atoms with E-state index in [1.165, 1.54) is 0 Å². The van der Waals surface area contributed by atoms with Gasteiger partial charge in [-0.25, -0.2) is 0 Å². The van der Waals surface area contributed by atoms with Crippen molar-refractivity contribution < 1.29 is 4.74 Å². The van der Waals surface area contributed by atoms with Crippen LogP contribution in [-0.4, -0.2) is 35.7 Å². The second-order valence-corrected chi connectivity index (χ2v) is 4.27. The highest BCUT2D eigenvalue weighted by molar-refractivity contribution is 5.61. The van der Waals surface area contributed by atoms with Crippen molar-refractivity contribution in [1.29, 1.82) is 0 Å². The third kappa shape index (κ3) is 2.96. The molecule has 2 aromatic rings. The van der Waals surface area contributed by atoms with Crippen LogP contribution in [-0.2, 0) is 0 Å². The van der Waals surface area contributed by atoms with Crippen molar-refractivity contribution in [2.45, 2.75) is 13.8 Å². The van der Waals surface area contributed by atoms with E-state index >= 15 is 0 Å². The maximum atomic E-state index is 5.38. The number of anilines is 3. The van der Waals surface area contributed by atoms with Gasteiger partial charge in [0.15, 0.2) is 0 Å². The van der Waals surface area contributed by atoms with Crippen molar-refractivity contribution in [1.82, 2.24) is 15.0 Å². The highest BCUT2D eigenvalue weighted by Crippen LogP contribution is 2.25. The fraction of sp³-hybridized carbons (Fsp3) is 0.357. The van der Waals surface area contributed by atoms with Gasteiger partial charge < -0.3 is 15.0 Å². The molecule has 0 radical (unpaired) electrons. The van der Waals surface area contributed by atoms with E-state index in [-0.39, 0.29) is 0 Å². The standard InChI is InChI=1S/C14H19N5O/c1-5-20-14-17-12(15-3)16-13(18-14)19(4)11-9-7-6-8-10(11)2/h6-9H,5H2,1-4H3,(H,15,16,17,18). The molecular weight excluding hydrogens is 254 g/mol. The van der Waals surface area contributed by atoms with E-state index in [1.54, 1.807) is 7.05 Å². The van der Waals surface area contributed by atoms with E-state index in [2.05, 4.69) is 33.3 Å². The Morgan fingerprint density at radius 2 is 1.95 bits per heavy atom. The maximum Gasteiger partial charge on any atom is 0.323 e. The van der Waals surface area contributed by atoms with Crippen LogP contribution in [0.4, 0.5) is 17.6 Å². The number of para-hydroxylation sites is 1. The van der Waals surface area contributed by atoms with Crippen molar-refractivity contribution in [3.8, 4) is 6.01 Å². The lowest BCUT2D eigenvalue weighted by Gasteiger charge is -2.20. The SMILES string of the molecule is CCOc1nc(NC)nc(N(C)c2ccccc2C)n1. The number of nitrogens with zero attached hydrogens (tertiary/aromatic N) is 4. The molecule has 0 bridgehead atoms. The normalized spacial score (nSPS) is 10.2. The predicted octanol–water partition coefficient (Wildman–Crippen LogP) is 2.39. The van der Waals surface area contributed by atoms with Crippen molar-refractivity contribution in [3.05, 3.63) is 29.8 Å². The zero-order valence-electron chi connectivity index (χ0n) is 12.2. The summed E-state index contributed by atoms with van der Waals surface area (Å²) in [5, 5.41) is 2.92. The first kappa shape index (κ1) is 14.0. The van der Waals surface area contributed by atoms with Crippen molar-refractivity contribution in [2.24, 2.45) is 0 Å². The van der Waals surface area contributed by atoms with Crippen LogP contribution in [0.15, 0.2) is 24.3 Å². The third-order valence-electron chi connectivity index (χ3n) is 2.88. The molecule has 0 spiro atoms. The Morgan fingerprint density at radius 1 is 1.20 bits per heavy atom. The topological polar surface area (TPSA) is 63.2 Å². The van der Waals surface area contributed by atoms with E-state index in [0.717, 1.165) is 11.3 Å². The summed E-state index contributed by atoms with van der Waals surface area (Å²) in [5.74, 6) is 1.03. The van der Waals surface area contributed by atoms with Crippen molar-refractivity contribution in [2.75, 3.05) is 30.9 Å². The third-order valence-corrected chi connectivity index (χ3v) is 2.88. The molecule has 0 atom stereocenters. The van der Waals surface area contributed by atoms with Crippen molar-refractivity contribution >= 4 is 17.6 Å². The average molecular weight is 273 g/mol. The maximum absolute atomic E-state index is 5.38. The van der Waals surface area contributed by atoms with E-state index in [4.69, 9.17) is 4.74 Å². The summed E-state index contributed by atoms with van der Waals surface area (Å²) in [5.41, 5.74) is 2.20. The van der Waals surface area contributed by atoms with Crippen LogP contribution >= 0.6 is 0 Å². The molecule has 0 aliphatic heterocycles. The Balaban J connectivity index is 2.40. The molecule has 2 rings (SSSR count). The van der Waals surface area contributed by atoms with Crippen LogP contribution in [0.1, 0.15) is 12.5 Å². The molecule has 0 amide bonds. The Hall–Kier alpha value is -2.37. The number of rotatable bonds is 5. The number of aromatic nitrogens is 3. The minimum Gasteiger partial charge on any atom is -0.464 e. The van der Waals surface area contributed by atoms with Gasteiger partial charge in [-0.1, -0.05) is 18.2 Å². The largest absolute Gasteiger partial charge is 0.464 e. The molecule has 0 aliphatic rings. The zero-order valence-corrected chi connectivity index (χ0v) is 12.2. The first-order valence-corrected chi connectivity index (χ1v) is 6.51. The van der Waals surface area contributed by atoms with E-state index in [9.17, 15) is 0 Å². The molecule has 0 aliphatic carbocycles. The molecule has 1 N–H and O–H groups in total. The highest BCUT2D eigenvalue weighted by atomic mass is 16.5. The van der Waals surface area contributed by atoms with Crippen LogP contribution < -0.4 is 15.0 Å². The summed E-state index contributed by atoms with van der Waals surface area (Å²) < 4.78 is 5.38. The smallest absolute Gasteiger partial charge is 0.323 e. The molecule has 106 valence electrons. The summed E-state index contributed by atoms with van der Waals surface area (Å²) in [6.45, 7) is 4.46. The molecule has 6 heteroatoms. The summed E-state index contributed by atoms with van der Waals surface area (Å²) >= 11 is 0. The molecule has 0 fully saturated rings. The van der Waals surface area contributed by atoms with Crippen LogP contribution in [0.5, 0.6) is 6.01 Å². The van der Waals surface area contributed by atoms with Gasteiger partial charge in [-0.05, 0) is 25.5 Å². The van der Waals surface area contributed by atoms with E-state index in [1.807, 2.05) is 37.1 Å². The fourth-order valence-corrected chi connectivity index (χ4v) is 1.85. The fourth-order valence-electron chi connectivity index (χ4n) is 1.85. The molecule has 1 heterocycles. The second-order valence-electron chi connectivity index (χ2n) is 4.27. The summed E-state index contributed by atoms with van der Waals surface area (Å²) in [6.07, 6.45) is 0. The molecule has 0 saturated carbocycles. The zero-order chi connectivity index (χ0) is 14.5. The Kier molecular flexibility index (Phi) is 4.34. The van der Waals surface area contributed by atoms with Gasteiger partial charge in [0.05, 0.1) is 6.61 Å². The quantitative estimate of drug-likeness (QED) is 0.902. The lowest BCUT2D eigenvalue weighted by molar-refractivity contribution is 0.312. The Labute approximate surface area is 118 Å². The predicted molar refractivity (Wildman–Crippen MR) is 79.8 cm³/mol. The lowest BCUT2D eigenvalue weighted by atomic mass is 10.2. The van der Waals surface area contributed by atoms with Gasteiger partial charge >= 0.3 is 6.01 Å². The highest BCUT2D eigenvalue weighted by Gasteiger charge is 2.13. The van der Waals surface area contributed by atoms with Crippen LogP contribution in [0.25, 0.3) is 0 Å². The van der Waals surface area contributed by atoms with Gasteiger partial charge in [0.1, 0.15) is 0 Å².